The minimum absolute atomic E-state index is 0.0972. The van der Waals surface area contributed by atoms with Crippen molar-refractivity contribution in [2.75, 3.05) is 0 Å². The lowest BCUT2D eigenvalue weighted by atomic mass is 9.70. The molecule has 0 unspecified atom stereocenters. The maximum absolute atomic E-state index is 12.8. The van der Waals surface area contributed by atoms with Crippen LogP contribution in [0.1, 0.15) is 39.2 Å². The highest BCUT2D eigenvalue weighted by Gasteiger charge is 2.66. The molecule has 2 aliphatic rings. The molecule has 1 nitrogen and oxygen atoms in total. The molecular formula is C17H22OS. The summed E-state index contributed by atoms with van der Waals surface area (Å²) in [5.41, 5.74) is 1.34. The Balaban J connectivity index is 1.88. The molecule has 2 fully saturated rings. The number of carbonyl (C=O) groups excluding carboxylic acids is 1. The van der Waals surface area contributed by atoms with Crippen molar-refractivity contribution in [1.29, 1.82) is 0 Å². The van der Waals surface area contributed by atoms with Crippen molar-refractivity contribution in [2.45, 2.75) is 50.7 Å². The number of Topliss-reactive ketones (excluding diaryl/α,β-unsaturated/α-hetero) is 1. The van der Waals surface area contributed by atoms with Gasteiger partial charge in [0.2, 0.25) is 0 Å². The first-order valence-electron chi connectivity index (χ1n) is 7.14. The quantitative estimate of drug-likeness (QED) is 0.791. The second-order valence-electron chi connectivity index (χ2n) is 6.91. The summed E-state index contributed by atoms with van der Waals surface area (Å²) in [7, 11) is 0. The summed E-state index contributed by atoms with van der Waals surface area (Å²) in [5.74, 6) is 1.02. The number of hydrogen-bond acceptors (Lipinski definition) is 2. The lowest BCUT2D eigenvalue weighted by Gasteiger charge is -2.32. The molecule has 102 valence electrons. The van der Waals surface area contributed by atoms with E-state index >= 15 is 0 Å². The molecule has 2 heteroatoms. The number of thioether (sulfide) groups is 1. The first-order valence-corrected chi connectivity index (χ1v) is 8.02. The highest BCUT2D eigenvalue weighted by atomic mass is 32.2. The predicted octanol–water partition coefficient (Wildman–Crippen LogP) is 4.48. The average Bonchev–Trinajstić information content (AvgIpc) is 2.66. The maximum atomic E-state index is 12.8. The predicted molar refractivity (Wildman–Crippen MR) is 80.4 cm³/mol. The molecule has 0 heterocycles. The summed E-state index contributed by atoms with van der Waals surface area (Å²) < 4.78 is 0. The molecule has 0 N–H and O–H groups in total. The number of hydrogen-bond donors (Lipinski definition) is 0. The Morgan fingerprint density at radius 2 is 1.79 bits per heavy atom. The molecule has 2 aliphatic carbocycles. The molecule has 1 aromatic carbocycles. The lowest BCUT2D eigenvalue weighted by molar-refractivity contribution is -0.127. The normalized spacial score (nSPS) is 35.9. The van der Waals surface area contributed by atoms with E-state index in [-0.39, 0.29) is 16.1 Å². The van der Waals surface area contributed by atoms with Crippen molar-refractivity contribution in [3.05, 3.63) is 29.8 Å². The van der Waals surface area contributed by atoms with E-state index in [1.54, 1.807) is 11.8 Å². The van der Waals surface area contributed by atoms with Crippen LogP contribution in [0.15, 0.2) is 29.2 Å². The van der Waals surface area contributed by atoms with Gasteiger partial charge in [-0.05, 0) is 43.2 Å². The first-order chi connectivity index (χ1) is 8.86. The number of fused-ring (bicyclic) bond motifs is 2. The fraction of sp³-hybridized carbons (Fsp3) is 0.588. The van der Waals surface area contributed by atoms with Gasteiger partial charge in [-0.25, -0.2) is 0 Å². The van der Waals surface area contributed by atoms with Gasteiger partial charge in [-0.3, -0.25) is 4.79 Å². The summed E-state index contributed by atoms with van der Waals surface area (Å²) >= 11 is 1.78. The maximum Gasteiger partial charge on any atom is 0.152 e. The van der Waals surface area contributed by atoms with Gasteiger partial charge in [0.05, 0.1) is 5.25 Å². The molecule has 0 aliphatic heterocycles. The van der Waals surface area contributed by atoms with Crippen LogP contribution in [0.5, 0.6) is 0 Å². The number of benzene rings is 1. The van der Waals surface area contributed by atoms with E-state index in [9.17, 15) is 4.79 Å². The van der Waals surface area contributed by atoms with E-state index in [0.717, 1.165) is 6.42 Å². The zero-order chi connectivity index (χ0) is 13.8. The Bertz CT molecular complexity index is 517. The van der Waals surface area contributed by atoms with Crippen LogP contribution < -0.4 is 0 Å². The van der Waals surface area contributed by atoms with Crippen LogP contribution in [-0.2, 0) is 4.79 Å². The van der Waals surface area contributed by atoms with Crippen LogP contribution in [0.2, 0.25) is 0 Å². The summed E-state index contributed by atoms with van der Waals surface area (Å²) in [6.45, 7) is 8.86. The van der Waals surface area contributed by atoms with Crippen molar-refractivity contribution in [3.8, 4) is 0 Å². The van der Waals surface area contributed by atoms with Crippen LogP contribution >= 0.6 is 11.8 Å². The van der Waals surface area contributed by atoms with Gasteiger partial charge < -0.3 is 0 Å². The summed E-state index contributed by atoms with van der Waals surface area (Å²) in [6, 6.07) is 8.56. The molecule has 3 atom stereocenters. The number of rotatable bonds is 2. The Hall–Kier alpha value is -0.760. The van der Waals surface area contributed by atoms with E-state index < -0.39 is 0 Å². The largest absolute Gasteiger partial charge is 0.298 e. The minimum atomic E-state index is -0.0972. The third kappa shape index (κ3) is 1.72. The van der Waals surface area contributed by atoms with Crippen molar-refractivity contribution < 1.29 is 4.79 Å². The molecule has 0 aromatic heterocycles. The third-order valence-electron chi connectivity index (χ3n) is 5.76. The van der Waals surface area contributed by atoms with Crippen molar-refractivity contribution in [3.63, 3.8) is 0 Å². The zero-order valence-electron chi connectivity index (χ0n) is 12.2. The third-order valence-corrected chi connectivity index (χ3v) is 7.10. The van der Waals surface area contributed by atoms with Crippen LogP contribution in [0, 0.1) is 23.7 Å². The van der Waals surface area contributed by atoms with E-state index in [1.807, 2.05) is 0 Å². The Morgan fingerprint density at radius 1 is 1.16 bits per heavy atom. The van der Waals surface area contributed by atoms with Gasteiger partial charge in [-0.15, -0.1) is 11.8 Å². The Labute approximate surface area is 120 Å². The van der Waals surface area contributed by atoms with E-state index in [4.69, 9.17) is 0 Å². The second-order valence-corrected chi connectivity index (χ2v) is 8.13. The highest BCUT2D eigenvalue weighted by molar-refractivity contribution is 8.00. The number of ketones is 1. The number of aryl methyl sites for hydroxylation is 1. The average molecular weight is 274 g/mol. The number of carbonyl (C=O) groups is 1. The molecule has 3 rings (SSSR count). The minimum Gasteiger partial charge on any atom is -0.298 e. The van der Waals surface area contributed by atoms with Gasteiger partial charge in [0.15, 0.2) is 5.78 Å². The highest BCUT2D eigenvalue weighted by Crippen LogP contribution is 2.66. The van der Waals surface area contributed by atoms with E-state index in [0.29, 0.717) is 11.7 Å². The van der Waals surface area contributed by atoms with Crippen molar-refractivity contribution in [1.82, 2.24) is 0 Å². The van der Waals surface area contributed by atoms with E-state index in [2.05, 4.69) is 52.0 Å². The summed E-state index contributed by atoms with van der Waals surface area (Å²) in [5, 5.41) is 0.163. The summed E-state index contributed by atoms with van der Waals surface area (Å²) in [4.78, 5) is 14.0. The van der Waals surface area contributed by atoms with Crippen molar-refractivity contribution in [2.24, 2.45) is 16.7 Å². The smallest absolute Gasteiger partial charge is 0.152 e. The van der Waals surface area contributed by atoms with Gasteiger partial charge in [-0.2, -0.15) is 0 Å². The zero-order valence-corrected chi connectivity index (χ0v) is 13.0. The molecule has 2 saturated carbocycles. The molecule has 19 heavy (non-hydrogen) atoms. The van der Waals surface area contributed by atoms with Gasteiger partial charge in [0, 0.05) is 10.3 Å². The fourth-order valence-corrected chi connectivity index (χ4v) is 5.50. The lowest BCUT2D eigenvalue weighted by Crippen LogP contribution is -2.34. The molecule has 0 spiro atoms. The van der Waals surface area contributed by atoms with Gasteiger partial charge in [-0.1, -0.05) is 38.5 Å². The second kappa shape index (κ2) is 4.12. The van der Waals surface area contributed by atoms with Crippen LogP contribution in [0.4, 0.5) is 0 Å². The fourth-order valence-electron chi connectivity index (χ4n) is 3.90. The molecule has 1 aromatic rings. The molecule has 0 amide bonds. The first kappa shape index (κ1) is 13.2. The Kier molecular flexibility index (Phi) is 2.87. The van der Waals surface area contributed by atoms with E-state index in [1.165, 1.54) is 16.9 Å². The summed E-state index contributed by atoms with van der Waals surface area (Å²) in [6.07, 6.45) is 2.28. The molecule has 2 bridgehead atoms. The van der Waals surface area contributed by atoms with Crippen LogP contribution in [0.3, 0.4) is 0 Å². The van der Waals surface area contributed by atoms with Gasteiger partial charge in [0.25, 0.3) is 0 Å². The van der Waals surface area contributed by atoms with Crippen LogP contribution in [-0.4, -0.2) is 11.0 Å². The van der Waals surface area contributed by atoms with Gasteiger partial charge >= 0.3 is 0 Å². The molecule has 0 radical (unpaired) electrons. The topological polar surface area (TPSA) is 17.1 Å². The SMILES string of the molecule is Cc1ccc(S[C@H]2C(=O)[C@]3(C)CC[C@H]2C3(C)C)cc1. The molecular weight excluding hydrogens is 252 g/mol. The standard InChI is InChI=1S/C17H22OS/c1-11-5-7-12(8-6-11)19-14-13-9-10-17(4,15(14)18)16(13,2)3/h5-8,13-14H,9-10H2,1-4H3/t13-,14-,17+/m1/s1. The van der Waals surface area contributed by atoms with Gasteiger partial charge in [0.1, 0.15) is 0 Å². The van der Waals surface area contributed by atoms with Crippen molar-refractivity contribution >= 4 is 17.5 Å². The Morgan fingerprint density at radius 3 is 2.32 bits per heavy atom. The van der Waals surface area contributed by atoms with Crippen LogP contribution in [0.25, 0.3) is 0 Å². The monoisotopic (exact) mass is 274 g/mol. The molecule has 0 saturated heterocycles.